The highest BCUT2D eigenvalue weighted by molar-refractivity contribution is 6.30. The van der Waals surface area contributed by atoms with Gasteiger partial charge in [0.15, 0.2) is 0 Å². The molecule has 0 radical (unpaired) electrons. The third kappa shape index (κ3) is 3.56. The maximum absolute atomic E-state index is 12.3. The van der Waals surface area contributed by atoms with Gasteiger partial charge in [0.2, 0.25) is 0 Å². The van der Waals surface area contributed by atoms with E-state index in [4.69, 9.17) is 27.9 Å². The molecule has 0 aliphatic carbocycles. The largest absolute Gasteiger partial charge is 0.488 e. The molecular weight excluding hydrogens is 294 g/mol. The number of carboxylic acid groups (broad SMARTS) is 1. The summed E-state index contributed by atoms with van der Waals surface area (Å²) in [5.41, 5.74) is 1.01. The van der Waals surface area contributed by atoms with Gasteiger partial charge in [-0.3, -0.25) is 9.59 Å². The molecule has 0 unspecified atom stereocenters. The van der Waals surface area contributed by atoms with Crippen molar-refractivity contribution in [3.63, 3.8) is 0 Å². The number of carbonyl (C=O) groups is 2. The van der Waals surface area contributed by atoms with E-state index in [1.54, 1.807) is 24.3 Å². The molecule has 1 aliphatic rings. The maximum Gasteiger partial charge on any atom is 0.323 e. The van der Waals surface area contributed by atoms with Crippen LogP contribution >= 0.6 is 11.6 Å². The minimum absolute atomic E-state index is 0.0636. The van der Waals surface area contributed by atoms with E-state index in [0.717, 1.165) is 4.90 Å². The van der Waals surface area contributed by atoms with E-state index < -0.39 is 18.4 Å². The van der Waals surface area contributed by atoms with Crippen LogP contribution in [-0.2, 0) is 9.59 Å². The minimum atomic E-state index is -1.13. The first-order chi connectivity index (χ1) is 10.0. The summed E-state index contributed by atoms with van der Waals surface area (Å²) in [6.45, 7) is -0.470. The molecule has 6 heteroatoms. The van der Waals surface area contributed by atoms with Crippen LogP contribution in [0.25, 0.3) is 6.08 Å². The Labute approximate surface area is 126 Å². The number of ether oxygens (including phenoxy) is 1. The Morgan fingerprint density at radius 1 is 1.48 bits per heavy atom. The van der Waals surface area contributed by atoms with Crippen molar-refractivity contribution in [3.8, 4) is 18.1 Å². The van der Waals surface area contributed by atoms with Crippen LogP contribution < -0.4 is 4.74 Å². The summed E-state index contributed by atoms with van der Waals surface area (Å²) in [4.78, 5) is 24.2. The molecule has 0 bridgehead atoms. The molecule has 2 rings (SSSR count). The van der Waals surface area contributed by atoms with E-state index in [-0.39, 0.29) is 13.2 Å². The number of carbonyl (C=O) groups excluding carboxylic acids is 1. The highest BCUT2D eigenvalue weighted by Crippen LogP contribution is 2.29. The lowest BCUT2D eigenvalue weighted by molar-refractivity contribution is -0.142. The molecule has 1 amide bonds. The first kappa shape index (κ1) is 14.9. The van der Waals surface area contributed by atoms with Crippen molar-refractivity contribution < 1.29 is 19.4 Å². The van der Waals surface area contributed by atoms with Crippen molar-refractivity contribution in [2.24, 2.45) is 0 Å². The fraction of sp³-hybridized carbons (Fsp3) is 0.200. The fourth-order valence-corrected chi connectivity index (χ4v) is 2.13. The monoisotopic (exact) mass is 305 g/mol. The molecule has 1 heterocycles. The Hall–Kier alpha value is -2.45. The van der Waals surface area contributed by atoms with Gasteiger partial charge in [0.25, 0.3) is 5.91 Å². The Balaban J connectivity index is 2.26. The zero-order valence-corrected chi connectivity index (χ0v) is 11.8. The smallest absolute Gasteiger partial charge is 0.323 e. The van der Waals surface area contributed by atoms with Crippen molar-refractivity contribution in [1.29, 1.82) is 0 Å². The summed E-state index contributed by atoms with van der Waals surface area (Å²) in [7, 11) is 0. The summed E-state index contributed by atoms with van der Waals surface area (Å²) >= 11 is 5.90. The average Bonchev–Trinajstić information content (AvgIpc) is 2.44. The van der Waals surface area contributed by atoms with Crippen LogP contribution in [0.1, 0.15) is 5.56 Å². The molecule has 1 aliphatic heterocycles. The van der Waals surface area contributed by atoms with E-state index in [2.05, 4.69) is 5.92 Å². The quantitative estimate of drug-likeness (QED) is 0.859. The number of aliphatic carboxylic acids is 1. The van der Waals surface area contributed by atoms with Gasteiger partial charge >= 0.3 is 5.97 Å². The number of hydrogen-bond acceptors (Lipinski definition) is 3. The van der Waals surface area contributed by atoms with E-state index >= 15 is 0 Å². The topological polar surface area (TPSA) is 66.8 Å². The zero-order valence-electron chi connectivity index (χ0n) is 11.0. The van der Waals surface area contributed by atoms with Crippen LogP contribution in [0.2, 0.25) is 5.02 Å². The van der Waals surface area contributed by atoms with Crippen molar-refractivity contribution in [2.45, 2.75) is 0 Å². The van der Waals surface area contributed by atoms with Gasteiger partial charge in [-0.2, -0.15) is 0 Å². The molecule has 0 fully saturated rings. The molecule has 0 saturated heterocycles. The number of terminal acetylenes is 1. The predicted octanol–water partition coefficient (Wildman–Crippen LogP) is 1.66. The predicted molar refractivity (Wildman–Crippen MR) is 78.0 cm³/mol. The van der Waals surface area contributed by atoms with Gasteiger partial charge in [-0.1, -0.05) is 17.5 Å². The lowest BCUT2D eigenvalue weighted by Gasteiger charge is -2.23. The number of benzene rings is 1. The Morgan fingerprint density at radius 2 is 2.24 bits per heavy atom. The fourth-order valence-electron chi connectivity index (χ4n) is 1.95. The van der Waals surface area contributed by atoms with Gasteiger partial charge in [0.05, 0.1) is 12.1 Å². The molecule has 21 heavy (non-hydrogen) atoms. The van der Waals surface area contributed by atoms with E-state index in [0.29, 0.717) is 21.9 Å². The van der Waals surface area contributed by atoms with Gasteiger partial charge in [0, 0.05) is 10.6 Å². The van der Waals surface area contributed by atoms with Crippen molar-refractivity contribution >= 4 is 29.6 Å². The SMILES string of the molecule is C#CCN(CC(=O)O)C(=O)C1=Cc2cc(Cl)ccc2OC1. The standard InChI is InChI=1S/C15H12ClNO4/c1-2-5-17(8-14(18)19)15(20)11-6-10-7-12(16)3-4-13(10)21-9-11/h1,3-4,6-7H,5,8-9H2,(H,18,19). The number of nitrogens with zero attached hydrogens (tertiary/aromatic N) is 1. The molecule has 1 N–H and O–H groups in total. The molecule has 1 aromatic rings. The summed E-state index contributed by atoms with van der Waals surface area (Å²) < 4.78 is 5.47. The van der Waals surface area contributed by atoms with Crippen molar-refractivity contribution in [3.05, 3.63) is 34.4 Å². The van der Waals surface area contributed by atoms with Crippen LogP contribution in [-0.4, -0.2) is 41.6 Å². The molecule has 5 nitrogen and oxygen atoms in total. The van der Waals surface area contributed by atoms with Crippen LogP contribution in [0.5, 0.6) is 5.75 Å². The van der Waals surface area contributed by atoms with E-state index in [9.17, 15) is 9.59 Å². The van der Waals surface area contributed by atoms with Gasteiger partial charge in [0.1, 0.15) is 18.9 Å². The second-order valence-corrected chi connectivity index (χ2v) is 4.84. The molecule has 0 aromatic heterocycles. The first-order valence-electron chi connectivity index (χ1n) is 6.08. The zero-order chi connectivity index (χ0) is 15.4. The molecule has 0 saturated carbocycles. The van der Waals surface area contributed by atoms with Crippen molar-refractivity contribution in [1.82, 2.24) is 4.90 Å². The van der Waals surface area contributed by atoms with Crippen LogP contribution in [0.4, 0.5) is 0 Å². The molecule has 108 valence electrons. The van der Waals surface area contributed by atoms with Crippen LogP contribution in [0, 0.1) is 12.3 Å². The van der Waals surface area contributed by atoms with Gasteiger partial charge in [-0.15, -0.1) is 6.42 Å². The Kier molecular flexibility index (Phi) is 4.51. The highest BCUT2D eigenvalue weighted by Gasteiger charge is 2.23. The minimum Gasteiger partial charge on any atom is -0.488 e. The Bertz CT molecular complexity index is 660. The van der Waals surface area contributed by atoms with E-state index in [1.165, 1.54) is 0 Å². The second kappa shape index (κ2) is 6.33. The number of carboxylic acids is 1. The Morgan fingerprint density at radius 3 is 2.90 bits per heavy atom. The lowest BCUT2D eigenvalue weighted by Crippen LogP contribution is -2.38. The molecule has 0 spiro atoms. The third-order valence-electron chi connectivity index (χ3n) is 2.85. The number of rotatable bonds is 4. The third-order valence-corrected chi connectivity index (χ3v) is 3.09. The van der Waals surface area contributed by atoms with Gasteiger partial charge in [-0.05, 0) is 24.3 Å². The maximum atomic E-state index is 12.3. The van der Waals surface area contributed by atoms with Gasteiger partial charge in [-0.25, -0.2) is 0 Å². The highest BCUT2D eigenvalue weighted by atomic mass is 35.5. The molecule has 1 aromatic carbocycles. The average molecular weight is 306 g/mol. The second-order valence-electron chi connectivity index (χ2n) is 4.40. The normalized spacial score (nSPS) is 12.5. The summed E-state index contributed by atoms with van der Waals surface area (Å²) in [6, 6.07) is 5.08. The van der Waals surface area contributed by atoms with E-state index in [1.807, 2.05) is 0 Å². The van der Waals surface area contributed by atoms with Gasteiger partial charge < -0.3 is 14.7 Å². The van der Waals surface area contributed by atoms with Crippen LogP contribution in [0.15, 0.2) is 23.8 Å². The lowest BCUT2D eigenvalue weighted by atomic mass is 10.1. The summed E-state index contributed by atoms with van der Waals surface area (Å²) in [5.74, 6) is 1.31. The molecular formula is C15H12ClNO4. The number of hydrogen-bond donors (Lipinski definition) is 1. The summed E-state index contributed by atoms with van der Waals surface area (Å²) in [6.07, 6.45) is 6.80. The molecule has 0 atom stereocenters. The first-order valence-corrected chi connectivity index (χ1v) is 6.46. The number of halogens is 1. The number of amides is 1. The van der Waals surface area contributed by atoms with Crippen molar-refractivity contribution in [2.75, 3.05) is 19.7 Å². The van der Waals surface area contributed by atoms with Crippen LogP contribution in [0.3, 0.4) is 0 Å². The summed E-state index contributed by atoms with van der Waals surface area (Å²) in [5, 5.41) is 9.34. The number of fused-ring (bicyclic) bond motifs is 1.